The van der Waals surface area contributed by atoms with E-state index in [1.165, 1.54) is 24.8 Å². The summed E-state index contributed by atoms with van der Waals surface area (Å²) in [4.78, 5) is 29.6. The van der Waals surface area contributed by atoms with Crippen LogP contribution in [0, 0.1) is 0 Å². The fourth-order valence-corrected chi connectivity index (χ4v) is 4.50. The van der Waals surface area contributed by atoms with Crippen LogP contribution in [0.5, 0.6) is 17.2 Å². The fraction of sp³-hybridized carbons (Fsp3) is 0.241. The number of phenols is 1. The highest BCUT2D eigenvalue weighted by Gasteiger charge is 2.22. The van der Waals surface area contributed by atoms with Crippen molar-refractivity contribution in [3.63, 3.8) is 0 Å². The highest BCUT2D eigenvalue weighted by atomic mass is 16.5. The van der Waals surface area contributed by atoms with E-state index in [0.29, 0.717) is 35.9 Å². The van der Waals surface area contributed by atoms with Crippen LogP contribution >= 0.6 is 0 Å². The third-order valence-electron chi connectivity index (χ3n) is 6.51. The Labute approximate surface area is 214 Å². The minimum absolute atomic E-state index is 0.0977. The molecule has 1 aliphatic rings. The van der Waals surface area contributed by atoms with Gasteiger partial charge in [-0.2, -0.15) is 0 Å². The molecule has 0 saturated carbocycles. The number of ether oxygens (including phenoxy) is 2. The van der Waals surface area contributed by atoms with Crippen LogP contribution in [0.3, 0.4) is 0 Å². The molecule has 1 amide bonds. The Bertz CT molecular complexity index is 1460. The Hall–Kier alpha value is -4.30. The summed E-state index contributed by atoms with van der Waals surface area (Å²) >= 11 is 0. The highest BCUT2D eigenvalue weighted by Crippen LogP contribution is 2.34. The first-order valence-electron chi connectivity index (χ1n) is 12.1. The highest BCUT2D eigenvalue weighted by molar-refractivity contribution is 5.84. The molecule has 0 bridgehead atoms. The minimum Gasteiger partial charge on any atom is -0.507 e. The summed E-state index contributed by atoms with van der Waals surface area (Å²) in [5.74, 6) is 0.923. The van der Waals surface area contributed by atoms with E-state index in [-0.39, 0.29) is 34.7 Å². The molecular formula is C29H28N2O6. The standard InChI is InChI=1S/C29H28N2O6/c1-35-24-11-10-21(26-17-23(33)29-22(32)8-5-9-25(29)37-26)16-27(24)36-19-28(34)31-14-12-30(13-15-31)18-20-6-3-2-4-7-20/h2-11,16-17,32H,12-15,18-19H2,1H3. The van der Waals surface area contributed by atoms with Crippen molar-refractivity contribution in [2.45, 2.75) is 6.54 Å². The molecule has 1 saturated heterocycles. The van der Waals surface area contributed by atoms with E-state index in [1.54, 1.807) is 30.3 Å². The number of phenolic OH excluding ortho intramolecular Hbond substituents is 1. The van der Waals surface area contributed by atoms with Crippen molar-refractivity contribution < 1.29 is 23.8 Å². The van der Waals surface area contributed by atoms with E-state index in [0.717, 1.165) is 19.6 Å². The van der Waals surface area contributed by atoms with Crippen molar-refractivity contribution in [1.29, 1.82) is 0 Å². The average Bonchev–Trinajstić information content (AvgIpc) is 2.92. The number of rotatable bonds is 7. The molecule has 2 heterocycles. The zero-order valence-corrected chi connectivity index (χ0v) is 20.6. The summed E-state index contributed by atoms with van der Waals surface area (Å²) < 4.78 is 17.2. The topological polar surface area (TPSA) is 92.4 Å². The van der Waals surface area contributed by atoms with Crippen LogP contribution in [-0.2, 0) is 11.3 Å². The van der Waals surface area contributed by atoms with E-state index >= 15 is 0 Å². The smallest absolute Gasteiger partial charge is 0.260 e. The van der Waals surface area contributed by atoms with Crippen LogP contribution in [0.25, 0.3) is 22.3 Å². The maximum atomic E-state index is 12.9. The lowest BCUT2D eigenvalue weighted by atomic mass is 10.1. The van der Waals surface area contributed by atoms with Gasteiger partial charge in [-0.25, -0.2) is 0 Å². The van der Waals surface area contributed by atoms with Gasteiger partial charge in [0.1, 0.15) is 22.5 Å². The first-order chi connectivity index (χ1) is 18.0. The summed E-state index contributed by atoms with van der Waals surface area (Å²) in [6.45, 7) is 3.62. The Kier molecular flexibility index (Phi) is 7.09. The molecule has 8 nitrogen and oxygen atoms in total. The fourth-order valence-electron chi connectivity index (χ4n) is 4.50. The Morgan fingerprint density at radius 2 is 1.73 bits per heavy atom. The molecule has 190 valence electrons. The predicted octanol–water partition coefficient (Wildman–Crippen LogP) is 3.90. The third kappa shape index (κ3) is 5.44. The maximum Gasteiger partial charge on any atom is 0.260 e. The molecular weight excluding hydrogens is 472 g/mol. The van der Waals surface area contributed by atoms with E-state index in [4.69, 9.17) is 13.9 Å². The monoisotopic (exact) mass is 500 g/mol. The maximum absolute atomic E-state index is 12.9. The van der Waals surface area contributed by atoms with E-state index in [2.05, 4.69) is 17.0 Å². The number of carbonyl (C=O) groups excluding carboxylic acids is 1. The number of benzene rings is 3. The number of carbonyl (C=O) groups is 1. The molecule has 0 aliphatic carbocycles. The molecule has 0 atom stereocenters. The number of hydrogen-bond acceptors (Lipinski definition) is 7. The van der Waals surface area contributed by atoms with Crippen molar-refractivity contribution in [2.24, 2.45) is 0 Å². The molecule has 8 heteroatoms. The molecule has 1 fully saturated rings. The van der Waals surface area contributed by atoms with Gasteiger partial charge in [-0.1, -0.05) is 36.4 Å². The van der Waals surface area contributed by atoms with Gasteiger partial charge in [0.25, 0.3) is 5.91 Å². The van der Waals surface area contributed by atoms with Crippen molar-refractivity contribution >= 4 is 16.9 Å². The molecule has 5 rings (SSSR count). The molecule has 3 aromatic carbocycles. The van der Waals surface area contributed by atoms with Gasteiger partial charge in [-0.05, 0) is 35.9 Å². The number of nitrogens with zero attached hydrogens (tertiary/aromatic N) is 2. The molecule has 1 aliphatic heterocycles. The molecule has 0 spiro atoms. The summed E-state index contributed by atoms with van der Waals surface area (Å²) in [6, 6.07) is 21.4. The lowest BCUT2D eigenvalue weighted by Crippen LogP contribution is -2.49. The number of methoxy groups -OCH3 is 1. The average molecular weight is 501 g/mol. The SMILES string of the molecule is COc1ccc(-c2cc(=O)c3c(O)cccc3o2)cc1OCC(=O)N1CCN(Cc2ccccc2)CC1. The quantitative estimate of drug-likeness (QED) is 0.412. The normalized spacial score (nSPS) is 14.0. The van der Waals surface area contributed by atoms with Crippen LogP contribution in [0.15, 0.2) is 82.0 Å². The second-order valence-electron chi connectivity index (χ2n) is 8.92. The second kappa shape index (κ2) is 10.8. The molecule has 1 N–H and O–H groups in total. The van der Waals surface area contributed by atoms with Gasteiger partial charge in [-0.3, -0.25) is 14.5 Å². The van der Waals surface area contributed by atoms with Gasteiger partial charge >= 0.3 is 0 Å². The van der Waals surface area contributed by atoms with Gasteiger partial charge in [-0.15, -0.1) is 0 Å². The van der Waals surface area contributed by atoms with E-state index in [9.17, 15) is 14.7 Å². The Balaban J connectivity index is 1.25. The van der Waals surface area contributed by atoms with Crippen LogP contribution in [0.2, 0.25) is 0 Å². The van der Waals surface area contributed by atoms with Gasteiger partial charge < -0.3 is 23.9 Å². The second-order valence-corrected chi connectivity index (χ2v) is 8.92. The first kappa shape index (κ1) is 24.4. The van der Waals surface area contributed by atoms with Crippen molar-refractivity contribution in [2.75, 3.05) is 39.9 Å². The molecule has 4 aromatic rings. The number of fused-ring (bicyclic) bond motifs is 1. The van der Waals surface area contributed by atoms with Crippen LogP contribution < -0.4 is 14.9 Å². The van der Waals surface area contributed by atoms with Gasteiger partial charge in [0.05, 0.1) is 7.11 Å². The van der Waals surface area contributed by atoms with Crippen molar-refractivity contribution in [3.05, 3.63) is 88.6 Å². The summed E-state index contributed by atoms with van der Waals surface area (Å²) in [6.07, 6.45) is 0. The number of amides is 1. The molecule has 1 aromatic heterocycles. The van der Waals surface area contributed by atoms with Crippen LogP contribution in [0.1, 0.15) is 5.56 Å². The van der Waals surface area contributed by atoms with Gasteiger partial charge in [0.15, 0.2) is 23.5 Å². The lowest BCUT2D eigenvalue weighted by molar-refractivity contribution is -0.135. The zero-order chi connectivity index (χ0) is 25.8. The van der Waals surface area contributed by atoms with Gasteiger partial charge in [0.2, 0.25) is 0 Å². The van der Waals surface area contributed by atoms with Gasteiger partial charge in [0, 0.05) is 44.4 Å². The summed E-state index contributed by atoms with van der Waals surface area (Å²) in [7, 11) is 1.52. The lowest BCUT2D eigenvalue weighted by Gasteiger charge is -2.34. The Morgan fingerprint density at radius 1 is 0.946 bits per heavy atom. The molecule has 0 radical (unpaired) electrons. The first-order valence-corrected chi connectivity index (χ1v) is 12.1. The van der Waals surface area contributed by atoms with E-state index < -0.39 is 0 Å². The minimum atomic E-state index is -0.353. The predicted molar refractivity (Wildman–Crippen MR) is 140 cm³/mol. The largest absolute Gasteiger partial charge is 0.507 e. The molecule has 0 unspecified atom stereocenters. The van der Waals surface area contributed by atoms with Crippen molar-refractivity contribution in [1.82, 2.24) is 9.80 Å². The molecule has 37 heavy (non-hydrogen) atoms. The number of aromatic hydroxyl groups is 1. The van der Waals surface area contributed by atoms with Crippen LogP contribution in [0.4, 0.5) is 0 Å². The zero-order valence-electron chi connectivity index (χ0n) is 20.6. The third-order valence-corrected chi connectivity index (χ3v) is 6.51. The summed E-state index contributed by atoms with van der Waals surface area (Å²) in [5.41, 5.74) is 1.77. The number of piperazine rings is 1. The Morgan fingerprint density at radius 3 is 2.49 bits per heavy atom. The van der Waals surface area contributed by atoms with Crippen molar-refractivity contribution in [3.8, 4) is 28.6 Å². The number of hydrogen-bond donors (Lipinski definition) is 1. The summed E-state index contributed by atoms with van der Waals surface area (Å²) in [5, 5.41) is 10.1. The van der Waals surface area contributed by atoms with E-state index in [1.807, 2.05) is 23.1 Å². The van der Waals surface area contributed by atoms with Crippen LogP contribution in [-0.4, -0.2) is 60.7 Å².